The van der Waals surface area contributed by atoms with Crippen molar-refractivity contribution in [2.45, 2.75) is 66.2 Å². The van der Waals surface area contributed by atoms with E-state index in [-0.39, 0.29) is 0 Å². The highest BCUT2D eigenvalue weighted by Gasteiger charge is 2.24. The summed E-state index contributed by atoms with van der Waals surface area (Å²) < 4.78 is 0. The molecule has 0 aliphatic rings. The molecule has 92 valence electrons. The first-order valence-electron chi connectivity index (χ1n) is 6.76. The fourth-order valence-electron chi connectivity index (χ4n) is 2.41. The maximum atomic E-state index is 3.34. The standard InChI is InChI=1S/C14H31N/c1-6-9-10-13(7-2)11-14(4,8-3)12-15-5/h13,15H,6-12H2,1-5H3. The Labute approximate surface area is 97.0 Å². The van der Waals surface area contributed by atoms with Gasteiger partial charge in [-0.1, -0.05) is 53.4 Å². The average molecular weight is 213 g/mol. The quantitative estimate of drug-likeness (QED) is 0.604. The van der Waals surface area contributed by atoms with E-state index in [1.54, 1.807) is 0 Å². The van der Waals surface area contributed by atoms with Gasteiger partial charge >= 0.3 is 0 Å². The topological polar surface area (TPSA) is 12.0 Å². The zero-order valence-electron chi connectivity index (χ0n) is 11.5. The highest BCUT2D eigenvalue weighted by molar-refractivity contribution is 4.78. The predicted octanol–water partition coefficient (Wildman–Crippen LogP) is 4.23. The van der Waals surface area contributed by atoms with Crippen molar-refractivity contribution in [1.82, 2.24) is 5.32 Å². The average Bonchev–Trinajstić information content (AvgIpc) is 2.24. The van der Waals surface area contributed by atoms with Crippen LogP contribution in [0.4, 0.5) is 0 Å². The minimum absolute atomic E-state index is 0.503. The lowest BCUT2D eigenvalue weighted by atomic mass is 9.76. The summed E-state index contributed by atoms with van der Waals surface area (Å²) in [6, 6.07) is 0. The molecule has 1 heteroatoms. The van der Waals surface area contributed by atoms with E-state index in [1.807, 2.05) is 0 Å². The molecule has 0 aromatic heterocycles. The zero-order chi connectivity index (χ0) is 11.7. The number of nitrogens with one attached hydrogen (secondary N) is 1. The van der Waals surface area contributed by atoms with Gasteiger partial charge in [-0.05, 0) is 31.2 Å². The van der Waals surface area contributed by atoms with Gasteiger partial charge in [-0.15, -0.1) is 0 Å². The molecule has 0 rings (SSSR count). The summed E-state index contributed by atoms with van der Waals surface area (Å²) in [6.07, 6.45) is 8.19. The van der Waals surface area contributed by atoms with Crippen molar-refractivity contribution in [2.75, 3.05) is 13.6 Å². The number of unbranched alkanes of at least 4 members (excludes halogenated alkanes) is 1. The second kappa shape index (κ2) is 8.15. The van der Waals surface area contributed by atoms with Gasteiger partial charge < -0.3 is 5.32 Å². The Hall–Kier alpha value is -0.0400. The van der Waals surface area contributed by atoms with Crippen molar-refractivity contribution < 1.29 is 0 Å². The Balaban J connectivity index is 4.09. The van der Waals surface area contributed by atoms with Gasteiger partial charge in [0.15, 0.2) is 0 Å². The van der Waals surface area contributed by atoms with E-state index >= 15 is 0 Å². The molecule has 0 bridgehead atoms. The van der Waals surface area contributed by atoms with Gasteiger partial charge in [0.1, 0.15) is 0 Å². The monoisotopic (exact) mass is 213 g/mol. The first-order valence-corrected chi connectivity index (χ1v) is 6.76. The summed E-state index contributed by atoms with van der Waals surface area (Å²) in [5.41, 5.74) is 0.503. The molecule has 0 heterocycles. The van der Waals surface area contributed by atoms with Crippen LogP contribution in [0.3, 0.4) is 0 Å². The molecular formula is C14H31N. The second-order valence-electron chi connectivity index (χ2n) is 5.32. The molecular weight excluding hydrogens is 182 g/mol. The molecule has 0 radical (unpaired) electrons. The van der Waals surface area contributed by atoms with E-state index < -0.39 is 0 Å². The summed E-state index contributed by atoms with van der Waals surface area (Å²) >= 11 is 0. The fourth-order valence-corrected chi connectivity index (χ4v) is 2.41. The summed E-state index contributed by atoms with van der Waals surface area (Å²) in [7, 11) is 2.07. The van der Waals surface area contributed by atoms with Crippen molar-refractivity contribution in [3.8, 4) is 0 Å². The summed E-state index contributed by atoms with van der Waals surface area (Å²) in [6.45, 7) is 10.5. The van der Waals surface area contributed by atoms with Crippen LogP contribution in [-0.4, -0.2) is 13.6 Å². The smallest absolute Gasteiger partial charge is 0.000216 e. The van der Waals surface area contributed by atoms with Crippen LogP contribution >= 0.6 is 0 Å². The normalized spacial score (nSPS) is 17.4. The maximum Gasteiger partial charge on any atom is 0.000216 e. The van der Waals surface area contributed by atoms with Crippen LogP contribution in [0.5, 0.6) is 0 Å². The van der Waals surface area contributed by atoms with Crippen LogP contribution < -0.4 is 5.32 Å². The lowest BCUT2D eigenvalue weighted by Gasteiger charge is -2.32. The molecule has 0 aliphatic heterocycles. The van der Waals surface area contributed by atoms with Crippen molar-refractivity contribution in [3.05, 3.63) is 0 Å². The van der Waals surface area contributed by atoms with Gasteiger partial charge in [0.25, 0.3) is 0 Å². The molecule has 15 heavy (non-hydrogen) atoms. The molecule has 0 amide bonds. The van der Waals surface area contributed by atoms with Crippen LogP contribution in [0.2, 0.25) is 0 Å². The number of hydrogen-bond acceptors (Lipinski definition) is 1. The van der Waals surface area contributed by atoms with Crippen LogP contribution in [0.25, 0.3) is 0 Å². The van der Waals surface area contributed by atoms with Crippen LogP contribution in [0.1, 0.15) is 66.2 Å². The Morgan fingerprint density at radius 1 is 1.20 bits per heavy atom. The van der Waals surface area contributed by atoms with Gasteiger partial charge in [-0.3, -0.25) is 0 Å². The van der Waals surface area contributed by atoms with E-state index in [9.17, 15) is 0 Å². The SMILES string of the molecule is CCCCC(CC)CC(C)(CC)CNC. The molecule has 0 aromatic carbocycles. The molecule has 1 nitrogen and oxygen atoms in total. The third kappa shape index (κ3) is 6.19. The van der Waals surface area contributed by atoms with Gasteiger partial charge in [-0.2, -0.15) is 0 Å². The van der Waals surface area contributed by atoms with Crippen LogP contribution in [-0.2, 0) is 0 Å². The van der Waals surface area contributed by atoms with Crippen molar-refractivity contribution in [2.24, 2.45) is 11.3 Å². The molecule has 2 unspecified atom stereocenters. The van der Waals surface area contributed by atoms with Gasteiger partial charge in [0.05, 0.1) is 0 Å². The third-order valence-corrected chi connectivity index (χ3v) is 3.78. The lowest BCUT2D eigenvalue weighted by Crippen LogP contribution is -2.31. The Morgan fingerprint density at radius 3 is 2.27 bits per heavy atom. The molecule has 0 saturated carbocycles. The molecule has 0 aromatic rings. The van der Waals surface area contributed by atoms with Gasteiger partial charge in [0, 0.05) is 6.54 Å². The van der Waals surface area contributed by atoms with Crippen molar-refractivity contribution in [1.29, 1.82) is 0 Å². The van der Waals surface area contributed by atoms with Gasteiger partial charge in [-0.25, -0.2) is 0 Å². The van der Waals surface area contributed by atoms with Crippen molar-refractivity contribution >= 4 is 0 Å². The van der Waals surface area contributed by atoms with Crippen LogP contribution in [0.15, 0.2) is 0 Å². The van der Waals surface area contributed by atoms with E-state index in [0.717, 1.165) is 12.5 Å². The third-order valence-electron chi connectivity index (χ3n) is 3.78. The lowest BCUT2D eigenvalue weighted by molar-refractivity contribution is 0.212. The largest absolute Gasteiger partial charge is 0.319 e. The maximum absolute atomic E-state index is 3.34. The highest BCUT2D eigenvalue weighted by atomic mass is 14.8. The molecule has 0 aliphatic carbocycles. The summed E-state index contributed by atoms with van der Waals surface area (Å²) in [5.74, 6) is 0.934. The van der Waals surface area contributed by atoms with Crippen molar-refractivity contribution in [3.63, 3.8) is 0 Å². The second-order valence-corrected chi connectivity index (χ2v) is 5.32. The zero-order valence-corrected chi connectivity index (χ0v) is 11.5. The minimum Gasteiger partial charge on any atom is -0.319 e. The molecule has 0 fully saturated rings. The van der Waals surface area contributed by atoms with E-state index in [0.29, 0.717) is 5.41 Å². The minimum atomic E-state index is 0.503. The van der Waals surface area contributed by atoms with Gasteiger partial charge in [0.2, 0.25) is 0 Å². The Bertz CT molecular complexity index is 144. The highest BCUT2D eigenvalue weighted by Crippen LogP contribution is 2.32. The number of rotatable bonds is 9. The summed E-state index contributed by atoms with van der Waals surface area (Å²) in [5, 5.41) is 3.34. The van der Waals surface area contributed by atoms with E-state index in [4.69, 9.17) is 0 Å². The molecule has 0 saturated heterocycles. The molecule has 2 atom stereocenters. The van der Waals surface area contributed by atoms with E-state index in [1.165, 1.54) is 38.5 Å². The molecule has 1 N–H and O–H groups in total. The first kappa shape index (κ1) is 15.0. The fraction of sp³-hybridized carbons (Fsp3) is 1.00. The predicted molar refractivity (Wildman–Crippen MR) is 70.2 cm³/mol. The molecule has 0 spiro atoms. The Kier molecular flexibility index (Phi) is 8.13. The Morgan fingerprint density at radius 2 is 1.87 bits per heavy atom. The van der Waals surface area contributed by atoms with Crippen LogP contribution in [0, 0.1) is 11.3 Å². The summed E-state index contributed by atoms with van der Waals surface area (Å²) in [4.78, 5) is 0. The first-order chi connectivity index (χ1) is 7.11. The number of hydrogen-bond donors (Lipinski definition) is 1. The van der Waals surface area contributed by atoms with E-state index in [2.05, 4.69) is 40.1 Å².